The lowest BCUT2D eigenvalue weighted by molar-refractivity contribution is -0.661. The topological polar surface area (TPSA) is 223 Å². The molecule has 0 bridgehead atoms. The maximum Gasteiger partial charge on any atom is 0.345 e. The second-order valence-electron chi connectivity index (χ2n) is 10.3. The van der Waals surface area contributed by atoms with Crippen LogP contribution in [0.3, 0.4) is 0 Å². The summed E-state index contributed by atoms with van der Waals surface area (Å²) in [4.78, 5) is 38.1. The number of carbonyl (C=O) groups excluding carboxylic acids is 2. The van der Waals surface area contributed by atoms with Crippen molar-refractivity contribution < 1.29 is 29.4 Å². The average molecular weight is 849 g/mol. The number of fused-ring (bicyclic) bond motifs is 2. The highest BCUT2D eigenvalue weighted by molar-refractivity contribution is 9.13. The molecule has 2 aromatic rings. The van der Waals surface area contributed by atoms with Crippen molar-refractivity contribution in [3.05, 3.63) is 41.7 Å². The number of amides is 2. The number of alkyl halides is 1. The van der Waals surface area contributed by atoms with Gasteiger partial charge in [0.25, 0.3) is 17.5 Å². The number of halogens is 5. The van der Waals surface area contributed by atoms with Crippen molar-refractivity contribution in [1.82, 2.24) is 31.2 Å². The molecule has 0 radical (unpaired) electrons. The number of ether oxygens (including phenoxy) is 1. The number of aromatic nitrogens is 2. The van der Waals surface area contributed by atoms with Crippen molar-refractivity contribution >= 4 is 99.1 Å². The van der Waals surface area contributed by atoms with Gasteiger partial charge >= 0.3 is 11.9 Å². The fourth-order valence-electron chi connectivity index (χ4n) is 6.50. The summed E-state index contributed by atoms with van der Waals surface area (Å²) in [6.07, 6.45) is -1.71. The number of nitrogens with two attached hydrogens (primary N) is 2. The van der Waals surface area contributed by atoms with E-state index in [0.29, 0.717) is 29.5 Å². The zero-order chi connectivity index (χ0) is 29.4. The summed E-state index contributed by atoms with van der Waals surface area (Å²) in [5, 5.41) is 23.4. The van der Waals surface area contributed by atoms with Gasteiger partial charge in [0.2, 0.25) is 12.5 Å². The van der Waals surface area contributed by atoms with Crippen LogP contribution in [0.2, 0.25) is 0 Å². The third-order valence-electron chi connectivity index (χ3n) is 8.10. The van der Waals surface area contributed by atoms with Gasteiger partial charge in [-0.3, -0.25) is 31.1 Å². The second kappa shape index (κ2) is 10.4. The third kappa shape index (κ3) is 4.60. The first kappa shape index (κ1) is 29.3. The van der Waals surface area contributed by atoms with E-state index in [0.717, 1.165) is 0 Å². The molecule has 6 rings (SSSR count). The van der Waals surface area contributed by atoms with Crippen LogP contribution in [0.1, 0.15) is 21.0 Å². The predicted octanol–water partition coefficient (Wildman–Crippen LogP) is -2.87. The van der Waals surface area contributed by atoms with E-state index in [1.54, 1.807) is 12.1 Å². The number of hydrogen-bond acceptors (Lipinski definition) is 8. The van der Waals surface area contributed by atoms with E-state index in [1.807, 2.05) is 0 Å². The van der Waals surface area contributed by atoms with Crippen molar-refractivity contribution in [3.63, 3.8) is 0 Å². The lowest BCUT2D eigenvalue weighted by Gasteiger charge is -2.47. The Kier molecular flexibility index (Phi) is 7.43. The predicted molar refractivity (Wildman–Crippen MR) is 160 cm³/mol. The molecular formula is C22H25Br4ClN10O4+2. The number of aromatic amines is 2. The molecule has 0 unspecified atom stereocenters. The Balaban J connectivity index is 1.34. The molecule has 0 aromatic carbocycles. The molecule has 13 N–H and O–H groups in total. The number of carbonyl (C=O) groups is 2. The van der Waals surface area contributed by atoms with E-state index < -0.39 is 46.9 Å². The smallest absolute Gasteiger partial charge is 0.345 e. The molecule has 2 amide bonds. The van der Waals surface area contributed by atoms with Crippen molar-refractivity contribution in [2.24, 2.45) is 29.2 Å². The van der Waals surface area contributed by atoms with Gasteiger partial charge in [-0.15, -0.1) is 11.6 Å². The molecule has 3 aliphatic heterocycles. The van der Waals surface area contributed by atoms with Crippen LogP contribution >= 0.6 is 75.3 Å². The van der Waals surface area contributed by atoms with Gasteiger partial charge < -0.3 is 25.7 Å². The van der Waals surface area contributed by atoms with E-state index in [4.69, 9.17) is 27.8 Å². The Morgan fingerprint density at radius 1 is 0.927 bits per heavy atom. The van der Waals surface area contributed by atoms with Crippen LogP contribution in [0.15, 0.2) is 30.3 Å². The van der Waals surface area contributed by atoms with E-state index in [-0.39, 0.29) is 36.8 Å². The molecule has 19 heteroatoms. The van der Waals surface area contributed by atoms with Crippen LogP contribution in [0.4, 0.5) is 0 Å². The Labute approximate surface area is 271 Å². The minimum atomic E-state index is -1.74. The van der Waals surface area contributed by atoms with Gasteiger partial charge in [0.15, 0.2) is 5.54 Å². The van der Waals surface area contributed by atoms with Crippen molar-refractivity contribution in [2.75, 3.05) is 13.1 Å². The molecule has 14 nitrogen and oxygen atoms in total. The van der Waals surface area contributed by atoms with Crippen LogP contribution in [0, 0.1) is 17.8 Å². The summed E-state index contributed by atoms with van der Waals surface area (Å²) < 4.78 is 8.81. The summed E-state index contributed by atoms with van der Waals surface area (Å²) in [6, 6.07) is 3.30. The zero-order valence-electron chi connectivity index (χ0n) is 20.7. The molecular weight excluding hydrogens is 823 g/mol. The van der Waals surface area contributed by atoms with E-state index in [2.05, 4.69) is 105 Å². The molecule has 2 aromatic heterocycles. The summed E-state index contributed by atoms with van der Waals surface area (Å²) in [5.74, 6) is -2.09. The number of nitrogens with one attached hydrogen (secondary N) is 8. The third-order valence-corrected chi connectivity index (χ3v) is 12.4. The molecule has 1 saturated heterocycles. The number of hydrogen-bond donors (Lipinski definition) is 11. The average Bonchev–Trinajstić information content (AvgIpc) is 3.66. The largest absolute Gasteiger partial charge is 0.354 e. The number of H-pyrrole nitrogens is 2. The highest BCUT2D eigenvalue weighted by atomic mass is 79.9. The van der Waals surface area contributed by atoms with Gasteiger partial charge in [-0.25, -0.2) is 15.3 Å². The molecule has 4 aliphatic rings. The van der Waals surface area contributed by atoms with Gasteiger partial charge in [0.05, 0.1) is 29.4 Å². The minimum absolute atomic E-state index is 0.0911. The fraction of sp³-hybridized carbons (Fsp3) is 0.455. The first-order chi connectivity index (χ1) is 19.3. The zero-order valence-corrected chi connectivity index (χ0v) is 27.8. The standard InChI is InChI=1S/C22H23Br4ClN10O4/c23-7-1-9(32-13(7)25)15(38)30-3-5-6(4-31-16(39)10-2-8(24)14(26)33-10)12(27)21-11(5)22(40)18(35-20(29)37-22)41-17(21)34-19(28)36-21/h1-2,5-6,11-12,17-18,32-33,40H,3-4H2,(H,30,38)(H,31,39)(H3,28,34,36)(H3,29,35,37)/p+2/t5-,6+,11-,12-,17-,18+,21-,22+/m0/s1. The molecule has 41 heavy (non-hydrogen) atoms. The van der Waals surface area contributed by atoms with Crippen molar-refractivity contribution in [1.29, 1.82) is 0 Å². The molecule has 220 valence electrons. The van der Waals surface area contributed by atoms with Gasteiger partial charge in [-0.05, 0) is 81.8 Å². The van der Waals surface area contributed by atoms with Gasteiger partial charge in [0, 0.05) is 19.0 Å². The Hall–Kier alpha value is -1.83. The lowest BCUT2D eigenvalue weighted by atomic mass is 9.71. The highest BCUT2D eigenvalue weighted by Gasteiger charge is 2.80. The quantitative estimate of drug-likeness (QED) is 0.135. The van der Waals surface area contributed by atoms with Crippen molar-refractivity contribution in [3.8, 4) is 0 Å². The van der Waals surface area contributed by atoms with Crippen LogP contribution in [0.25, 0.3) is 0 Å². The fourth-order valence-corrected chi connectivity index (χ4v) is 8.40. The van der Waals surface area contributed by atoms with Gasteiger partial charge in [0.1, 0.15) is 11.4 Å². The SMILES string of the molecule is NC1=[NH+][C@@H]2O[C@@H]3[NH+]=C(N)N[C@]34[C@H]([C@@H](CNC(=O)c3cc(Br)c(Br)[nH]3)[C@@H](CNC(=O)c3cc(Br)c(Br)[nH]3)[C@@H]4Cl)[C@]2(O)N1. The number of rotatable bonds is 6. The first-order valence-electron chi connectivity index (χ1n) is 12.4. The van der Waals surface area contributed by atoms with Crippen LogP contribution in [-0.2, 0) is 4.74 Å². The van der Waals surface area contributed by atoms with Crippen LogP contribution in [0.5, 0.6) is 0 Å². The Morgan fingerprint density at radius 3 is 1.98 bits per heavy atom. The molecule has 5 heterocycles. The summed E-state index contributed by atoms with van der Waals surface area (Å²) >= 11 is 20.7. The molecule has 2 fully saturated rings. The normalized spacial score (nSPS) is 35.0. The first-order valence-corrected chi connectivity index (χ1v) is 16.0. The maximum absolute atomic E-state index is 13.1. The molecule has 1 aliphatic carbocycles. The highest BCUT2D eigenvalue weighted by Crippen LogP contribution is 2.55. The monoisotopic (exact) mass is 844 g/mol. The van der Waals surface area contributed by atoms with Crippen LogP contribution in [-0.4, -0.2) is 81.0 Å². The van der Waals surface area contributed by atoms with Crippen molar-refractivity contribution in [2.45, 2.75) is 29.1 Å². The summed E-state index contributed by atoms with van der Waals surface area (Å²) in [6.45, 7) is 0.203. The molecule has 1 saturated carbocycles. The second-order valence-corrected chi connectivity index (χ2v) is 14.1. The summed E-state index contributed by atoms with van der Waals surface area (Å²) in [7, 11) is 0. The van der Waals surface area contributed by atoms with E-state index in [1.165, 1.54) is 0 Å². The molecule has 1 spiro atoms. The van der Waals surface area contributed by atoms with Gasteiger partial charge in [-0.1, -0.05) is 0 Å². The van der Waals surface area contributed by atoms with Crippen LogP contribution < -0.4 is 42.7 Å². The van der Waals surface area contributed by atoms with E-state index >= 15 is 0 Å². The maximum atomic E-state index is 13.1. The Bertz CT molecular complexity index is 1460. The minimum Gasteiger partial charge on any atom is -0.354 e. The van der Waals surface area contributed by atoms with E-state index in [9.17, 15) is 14.7 Å². The lowest BCUT2D eigenvalue weighted by Crippen LogP contribution is -2.93. The number of guanidine groups is 2. The number of aliphatic hydroxyl groups is 1. The molecule has 8 atom stereocenters. The van der Waals surface area contributed by atoms with Gasteiger partial charge in [-0.2, -0.15) is 0 Å². The summed E-state index contributed by atoms with van der Waals surface area (Å²) in [5.41, 5.74) is 10.0. The Morgan fingerprint density at radius 2 is 1.44 bits per heavy atom.